The second-order valence-electron chi connectivity index (χ2n) is 6.29. The van der Waals surface area contributed by atoms with Crippen molar-refractivity contribution in [2.45, 2.75) is 26.6 Å². The van der Waals surface area contributed by atoms with Gasteiger partial charge >= 0.3 is 0 Å². The van der Waals surface area contributed by atoms with Crippen LogP contribution in [0.1, 0.15) is 29.8 Å². The molecule has 7 heteroatoms. The van der Waals surface area contributed by atoms with E-state index in [2.05, 4.69) is 17.4 Å². The summed E-state index contributed by atoms with van der Waals surface area (Å²) in [7, 11) is 0. The van der Waals surface area contributed by atoms with Gasteiger partial charge in [0.05, 0.1) is 6.54 Å². The zero-order chi connectivity index (χ0) is 21.1. The van der Waals surface area contributed by atoms with Crippen LogP contribution >= 0.6 is 23.8 Å². The number of ether oxygens (including phenoxy) is 2. The van der Waals surface area contributed by atoms with E-state index >= 15 is 0 Å². The van der Waals surface area contributed by atoms with E-state index in [4.69, 9.17) is 33.3 Å². The van der Waals surface area contributed by atoms with Gasteiger partial charge in [0.2, 0.25) is 0 Å². The summed E-state index contributed by atoms with van der Waals surface area (Å²) in [5, 5.41) is 3.62. The van der Waals surface area contributed by atoms with Crippen LogP contribution < -0.4 is 5.32 Å². The third kappa shape index (κ3) is 8.11. The minimum Gasteiger partial charge on any atom is -0.351 e. The molecule has 0 fully saturated rings. The van der Waals surface area contributed by atoms with Crippen molar-refractivity contribution in [1.82, 2.24) is 10.2 Å². The first-order valence-electron chi connectivity index (χ1n) is 9.66. The molecule has 0 saturated carbocycles. The Labute approximate surface area is 182 Å². The molecule has 0 radical (unpaired) electrons. The Morgan fingerprint density at radius 3 is 2.41 bits per heavy atom. The summed E-state index contributed by atoms with van der Waals surface area (Å²) in [4.78, 5) is 14.5. The number of hydrogen-bond donors (Lipinski definition) is 1. The van der Waals surface area contributed by atoms with Crippen molar-refractivity contribution in [2.24, 2.45) is 0 Å². The van der Waals surface area contributed by atoms with Crippen LogP contribution in [0.3, 0.4) is 0 Å². The lowest BCUT2D eigenvalue weighted by Crippen LogP contribution is -2.47. The number of nitrogens with one attached hydrogen (secondary N) is 1. The number of benzene rings is 2. The molecule has 1 amide bonds. The Hall–Kier alpha value is -1.99. The summed E-state index contributed by atoms with van der Waals surface area (Å²) >= 11 is 11.5. The van der Waals surface area contributed by atoms with E-state index in [1.165, 1.54) is 5.56 Å². The maximum Gasteiger partial charge on any atom is 0.257 e. The molecular formula is C22H27ClN2O3S. The molecule has 0 saturated heterocycles. The van der Waals surface area contributed by atoms with Crippen LogP contribution in [0.15, 0.2) is 54.6 Å². The van der Waals surface area contributed by atoms with Crippen molar-refractivity contribution < 1.29 is 14.3 Å². The van der Waals surface area contributed by atoms with Gasteiger partial charge in [-0.2, -0.15) is 0 Å². The maximum atomic E-state index is 12.6. The highest BCUT2D eigenvalue weighted by Gasteiger charge is 2.19. The Kier molecular flexibility index (Phi) is 10.1. The predicted molar refractivity (Wildman–Crippen MR) is 120 cm³/mol. The SMILES string of the molecule is CCOC(CN(CCc1ccccc1)C(=S)NC(=O)c1cccc(Cl)c1)OCC. The fraction of sp³-hybridized carbons (Fsp3) is 0.364. The van der Waals surface area contributed by atoms with Crippen LogP contribution in [0.2, 0.25) is 5.02 Å². The summed E-state index contributed by atoms with van der Waals surface area (Å²) in [6.07, 6.45) is 0.348. The van der Waals surface area contributed by atoms with Crippen molar-refractivity contribution in [1.29, 1.82) is 0 Å². The summed E-state index contributed by atoms with van der Waals surface area (Å²) < 4.78 is 11.3. The molecule has 0 aliphatic rings. The molecule has 0 bridgehead atoms. The number of halogens is 1. The number of carbonyl (C=O) groups is 1. The van der Waals surface area contributed by atoms with Crippen LogP contribution in [0.5, 0.6) is 0 Å². The summed E-state index contributed by atoms with van der Waals surface area (Å²) in [6, 6.07) is 16.9. The highest BCUT2D eigenvalue weighted by Crippen LogP contribution is 2.11. The minimum absolute atomic E-state index is 0.299. The van der Waals surface area contributed by atoms with Gasteiger partial charge in [-0.15, -0.1) is 0 Å². The van der Waals surface area contributed by atoms with Crippen LogP contribution in [-0.2, 0) is 15.9 Å². The lowest BCUT2D eigenvalue weighted by atomic mass is 10.1. The first-order chi connectivity index (χ1) is 14.0. The fourth-order valence-electron chi connectivity index (χ4n) is 2.77. The van der Waals surface area contributed by atoms with E-state index in [0.29, 0.717) is 42.0 Å². The smallest absolute Gasteiger partial charge is 0.257 e. The van der Waals surface area contributed by atoms with E-state index in [0.717, 1.165) is 6.42 Å². The number of amides is 1. The Balaban J connectivity index is 2.08. The summed E-state index contributed by atoms with van der Waals surface area (Å²) in [5.41, 5.74) is 1.64. The van der Waals surface area contributed by atoms with E-state index < -0.39 is 6.29 Å². The lowest BCUT2D eigenvalue weighted by molar-refractivity contribution is -0.141. The monoisotopic (exact) mass is 434 g/mol. The van der Waals surface area contributed by atoms with Crippen LogP contribution in [-0.4, -0.2) is 48.5 Å². The fourth-order valence-corrected chi connectivity index (χ4v) is 3.22. The zero-order valence-electron chi connectivity index (χ0n) is 16.8. The first-order valence-corrected chi connectivity index (χ1v) is 10.4. The van der Waals surface area contributed by atoms with Gasteiger partial charge in [-0.25, -0.2) is 0 Å². The number of thiocarbonyl (C=S) groups is 1. The average molecular weight is 435 g/mol. The lowest BCUT2D eigenvalue weighted by Gasteiger charge is -2.29. The van der Waals surface area contributed by atoms with Crippen molar-refractivity contribution in [3.05, 3.63) is 70.7 Å². The number of carbonyl (C=O) groups excluding carboxylic acids is 1. The summed E-state index contributed by atoms with van der Waals surface area (Å²) in [6.45, 7) is 5.93. The molecule has 0 atom stereocenters. The molecule has 0 aliphatic heterocycles. The summed E-state index contributed by atoms with van der Waals surface area (Å²) in [5.74, 6) is -0.299. The molecule has 2 rings (SSSR count). The van der Waals surface area contributed by atoms with Crippen molar-refractivity contribution in [3.63, 3.8) is 0 Å². The molecule has 0 aliphatic carbocycles. The van der Waals surface area contributed by atoms with Gasteiger partial charge in [0.1, 0.15) is 0 Å². The van der Waals surface area contributed by atoms with Crippen molar-refractivity contribution >= 4 is 34.8 Å². The predicted octanol–water partition coefficient (Wildman–Crippen LogP) is 4.30. The highest BCUT2D eigenvalue weighted by atomic mass is 35.5. The molecule has 2 aromatic carbocycles. The highest BCUT2D eigenvalue weighted by molar-refractivity contribution is 7.80. The Bertz CT molecular complexity index is 783. The van der Waals surface area contributed by atoms with Gasteiger partial charge in [-0.3, -0.25) is 10.1 Å². The molecule has 1 N–H and O–H groups in total. The van der Waals surface area contributed by atoms with E-state index in [-0.39, 0.29) is 5.91 Å². The Morgan fingerprint density at radius 1 is 1.10 bits per heavy atom. The molecular weight excluding hydrogens is 408 g/mol. The van der Waals surface area contributed by atoms with Gasteiger partial charge in [0, 0.05) is 30.3 Å². The van der Waals surface area contributed by atoms with Gasteiger partial charge in [0.25, 0.3) is 5.91 Å². The topological polar surface area (TPSA) is 50.8 Å². The molecule has 5 nitrogen and oxygen atoms in total. The van der Waals surface area contributed by atoms with E-state index in [9.17, 15) is 4.79 Å². The number of rotatable bonds is 10. The van der Waals surface area contributed by atoms with Crippen molar-refractivity contribution in [2.75, 3.05) is 26.3 Å². The second kappa shape index (κ2) is 12.5. The zero-order valence-corrected chi connectivity index (χ0v) is 18.3. The Morgan fingerprint density at radius 2 is 1.79 bits per heavy atom. The van der Waals surface area contributed by atoms with Crippen LogP contribution in [0, 0.1) is 0 Å². The number of hydrogen-bond acceptors (Lipinski definition) is 4. The second-order valence-corrected chi connectivity index (χ2v) is 7.11. The molecule has 0 heterocycles. The average Bonchev–Trinajstić information content (AvgIpc) is 2.72. The third-order valence-electron chi connectivity index (χ3n) is 4.18. The van der Waals surface area contributed by atoms with E-state index in [1.54, 1.807) is 24.3 Å². The molecule has 0 aromatic heterocycles. The first kappa shape index (κ1) is 23.3. The normalized spacial score (nSPS) is 10.8. The van der Waals surface area contributed by atoms with Crippen molar-refractivity contribution in [3.8, 4) is 0 Å². The van der Waals surface area contributed by atoms with E-state index in [1.807, 2.05) is 36.9 Å². The molecule has 156 valence electrons. The maximum absolute atomic E-state index is 12.6. The van der Waals surface area contributed by atoms with Gasteiger partial charge in [-0.1, -0.05) is 48.0 Å². The standard InChI is InChI=1S/C22H27ClN2O3S/c1-3-27-20(28-4-2)16-25(14-13-17-9-6-5-7-10-17)22(29)24-21(26)18-11-8-12-19(23)15-18/h5-12,15,20H,3-4,13-14,16H2,1-2H3,(H,24,26,29). The van der Waals surface area contributed by atoms with Gasteiger partial charge in [0.15, 0.2) is 11.4 Å². The van der Waals surface area contributed by atoms with Gasteiger partial charge in [-0.05, 0) is 56.2 Å². The third-order valence-corrected chi connectivity index (χ3v) is 4.78. The molecule has 2 aromatic rings. The molecule has 0 unspecified atom stereocenters. The number of nitrogens with zero attached hydrogens (tertiary/aromatic N) is 1. The molecule has 29 heavy (non-hydrogen) atoms. The molecule has 0 spiro atoms. The largest absolute Gasteiger partial charge is 0.351 e. The van der Waals surface area contributed by atoms with Crippen LogP contribution in [0.25, 0.3) is 0 Å². The minimum atomic E-state index is -0.429. The quantitative estimate of drug-likeness (QED) is 0.446. The van der Waals surface area contributed by atoms with Crippen LogP contribution in [0.4, 0.5) is 0 Å². The van der Waals surface area contributed by atoms with Gasteiger partial charge < -0.3 is 14.4 Å².